The van der Waals surface area contributed by atoms with E-state index in [0.29, 0.717) is 19.5 Å². The summed E-state index contributed by atoms with van der Waals surface area (Å²) < 4.78 is 1.91. The summed E-state index contributed by atoms with van der Waals surface area (Å²) in [5.41, 5.74) is 2.73. The Labute approximate surface area is 140 Å². The highest BCUT2D eigenvalue weighted by Gasteiger charge is 2.26. The number of likely N-dealkylation sites (tertiary alicyclic amines) is 1. The molecular formula is C17H22N4O3. The second-order valence-electron chi connectivity index (χ2n) is 6.25. The average molecular weight is 330 g/mol. The van der Waals surface area contributed by atoms with Crippen LogP contribution in [0.25, 0.3) is 5.65 Å². The third kappa shape index (κ3) is 3.73. The Bertz CT molecular complexity index is 755. The maximum Gasteiger partial charge on any atom is 0.251 e. The number of aromatic nitrogens is 2. The lowest BCUT2D eigenvalue weighted by molar-refractivity contribution is -0.142. The number of carbonyl (C=O) groups is 2. The normalized spacial score (nSPS) is 18.7. The van der Waals surface area contributed by atoms with Crippen LogP contribution in [0.15, 0.2) is 24.5 Å². The third-order valence-electron chi connectivity index (χ3n) is 4.22. The number of hydrogen-bond donors (Lipinski definition) is 2. The minimum atomic E-state index is -0.984. The summed E-state index contributed by atoms with van der Waals surface area (Å²) in [6.07, 6.45) is 4.89. The fourth-order valence-corrected chi connectivity index (χ4v) is 2.88. The number of nitrogens with zero attached hydrogens (tertiary/aromatic N) is 3. The molecule has 24 heavy (non-hydrogen) atoms. The van der Waals surface area contributed by atoms with E-state index in [2.05, 4.69) is 10.3 Å². The highest BCUT2D eigenvalue weighted by molar-refractivity contribution is 5.87. The van der Waals surface area contributed by atoms with Crippen LogP contribution in [0.1, 0.15) is 30.5 Å². The Morgan fingerprint density at radius 3 is 3.12 bits per heavy atom. The van der Waals surface area contributed by atoms with Crippen LogP contribution in [0, 0.1) is 6.92 Å². The van der Waals surface area contributed by atoms with Gasteiger partial charge in [0.25, 0.3) is 5.91 Å². The van der Waals surface area contributed by atoms with Crippen molar-refractivity contribution < 1.29 is 14.7 Å². The van der Waals surface area contributed by atoms with Crippen LogP contribution in [0.4, 0.5) is 0 Å². The van der Waals surface area contributed by atoms with Crippen LogP contribution in [0.2, 0.25) is 0 Å². The van der Waals surface area contributed by atoms with Crippen LogP contribution in [0.3, 0.4) is 0 Å². The quantitative estimate of drug-likeness (QED) is 0.861. The van der Waals surface area contributed by atoms with E-state index >= 15 is 0 Å². The second kappa shape index (κ2) is 7.00. The lowest BCUT2D eigenvalue weighted by Gasteiger charge is -2.21. The summed E-state index contributed by atoms with van der Waals surface area (Å²) in [5, 5.41) is 12.5. The van der Waals surface area contributed by atoms with E-state index in [9.17, 15) is 14.7 Å². The molecule has 3 heterocycles. The molecule has 1 aliphatic heterocycles. The summed E-state index contributed by atoms with van der Waals surface area (Å²) in [5.74, 6) is -0.600. The van der Waals surface area contributed by atoms with Crippen molar-refractivity contribution in [1.82, 2.24) is 19.6 Å². The minimum absolute atomic E-state index is 0.0254. The number of hydrogen-bond acceptors (Lipinski definition) is 4. The van der Waals surface area contributed by atoms with Crippen LogP contribution in [-0.2, 0) is 16.1 Å². The highest BCUT2D eigenvalue weighted by Crippen LogP contribution is 2.12. The van der Waals surface area contributed by atoms with Crippen molar-refractivity contribution in [3.63, 3.8) is 0 Å². The lowest BCUT2D eigenvalue weighted by atomic mass is 10.2. The number of aryl methyl sites for hydroxylation is 1. The van der Waals surface area contributed by atoms with Gasteiger partial charge >= 0.3 is 0 Å². The molecule has 0 spiro atoms. The van der Waals surface area contributed by atoms with E-state index in [-0.39, 0.29) is 18.4 Å². The topological polar surface area (TPSA) is 86.9 Å². The minimum Gasteiger partial charge on any atom is -0.383 e. The van der Waals surface area contributed by atoms with Crippen LogP contribution < -0.4 is 5.32 Å². The average Bonchev–Trinajstić information content (AvgIpc) is 2.89. The molecule has 0 aliphatic carbocycles. The Kier molecular flexibility index (Phi) is 4.80. The SMILES string of the molecule is Cc1ccn2cc(CNC(=O)CN3CCCCC(O)C3=O)nc2c1. The van der Waals surface area contributed by atoms with Gasteiger partial charge in [0.15, 0.2) is 0 Å². The summed E-state index contributed by atoms with van der Waals surface area (Å²) in [4.78, 5) is 30.0. The van der Waals surface area contributed by atoms with Crippen LogP contribution in [-0.4, -0.2) is 50.4 Å². The molecule has 2 aromatic rings. The van der Waals surface area contributed by atoms with Gasteiger partial charge in [0.2, 0.25) is 5.91 Å². The number of aliphatic hydroxyl groups is 1. The van der Waals surface area contributed by atoms with Gasteiger partial charge in [-0.05, 0) is 43.9 Å². The molecule has 0 bridgehead atoms. The number of fused-ring (bicyclic) bond motifs is 1. The number of carbonyl (C=O) groups excluding carboxylic acids is 2. The van der Waals surface area contributed by atoms with E-state index in [1.807, 2.05) is 35.9 Å². The first-order valence-corrected chi connectivity index (χ1v) is 8.21. The molecule has 1 saturated heterocycles. The van der Waals surface area contributed by atoms with Crippen molar-refractivity contribution >= 4 is 17.5 Å². The molecule has 0 radical (unpaired) electrons. The van der Waals surface area contributed by atoms with Gasteiger partial charge in [0.05, 0.1) is 18.8 Å². The number of nitrogens with one attached hydrogen (secondary N) is 1. The Balaban J connectivity index is 1.57. The van der Waals surface area contributed by atoms with Crippen molar-refractivity contribution in [3.8, 4) is 0 Å². The maximum atomic E-state index is 12.1. The number of imidazole rings is 1. The first-order valence-electron chi connectivity index (χ1n) is 8.21. The predicted molar refractivity (Wildman–Crippen MR) is 88.2 cm³/mol. The maximum absolute atomic E-state index is 12.1. The molecule has 2 aromatic heterocycles. The summed E-state index contributed by atoms with van der Waals surface area (Å²) >= 11 is 0. The van der Waals surface area contributed by atoms with E-state index in [1.54, 1.807) is 0 Å². The molecule has 1 unspecified atom stereocenters. The van der Waals surface area contributed by atoms with E-state index in [0.717, 1.165) is 29.7 Å². The zero-order chi connectivity index (χ0) is 17.1. The second-order valence-corrected chi connectivity index (χ2v) is 6.25. The van der Waals surface area contributed by atoms with Crippen molar-refractivity contribution in [2.24, 2.45) is 0 Å². The molecule has 7 nitrogen and oxygen atoms in total. The van der Waals surface area contributed by atoms with Crippen molar-refractivity contribution in [1.29, 1.82) is 0 Å². The number of amides is 2. The Morgan fingerprint density at radius 1 is 1.46 bits per heavy atom. The van der Waals surface area contributed by atoms with Crippen LogP contribution >= 0.6 is 0 Å². The van der Waals surface area contributed by atoms with Gasteiger partial charge in [0, 0.05) is 18.9 Å². The summed E-state index contributed by atoms with van der Waals surface area (Å²) in [6.45, 7) is 2.80. The standard InChI is InChI=1S/C17H22N4O3/c1-12-5-7-20-10-13(19-15(20)8-12)9-18-16(23)11-21-6-3-2-4-14(22)17(21)24/h5,7-8,10,14,22H,2-4,6,9,11H2,1H3,(H,18,23). The van der Waals surface area contributed by atoms with Gasteiger partial charge in [-0.3, -0.25) is 9.59 Å². The van der Waals surface area contributed by atoms with Crippen molar-refractivity contribution in [2.75, 3.05) is 13.1 Å². The molecule has 1 fully saturated rings. The van der Waals surface area contributed by atoms with Gasteiger partial charge in [-0.15, -0.1) is 0 Å². The molecule has 1 aliphatic rings. The fourth-order valence-electron chi connectivity index (χ4n) is 2.88. The largest absolute Gasteiger partial charge is 0.383 e. The smallest absolute Gasteiger partial charge is 0.251 e. The third-order valence-corrected chi connectivity index (χ3v) is 4.22. The molecule has 1 atom stereocenters. The molecule has 3 rings (SSSR count). The molecule has 128 valence electrons. The van der Waals surface area contributed by atoms with Gasteiger partial charge in [-0.2, -0.15) is 0 Å². The molecule has 2 amide bonds. The number of rotatable bonds is 4. The number of pyridine rings is 1. The molecule has 0 saturated carbocycles. The fraction of sp³-hybridized carbons (Fsp3) is 0.471. The Hall–Kier alpha value is -2.41. The van der Waals surface area contributed by atoms with Gasteiger partial charge < -0.3 is 19.7 Å². The highest BCUT2D eigenvalue weighted by atomic mass is 16.3. The molecule has 2 N–H and O–H groups in total. The van der Waals surface area contributed by atoms with E-state index in [1.165, 1.54) is 4.90 Å². The van der Waals surface area contributed by atoms with Gasteiger partial charge in [-0.1, -0.05) is 0 Å². The zero-order valence-corrected chi connectivity index (χ0v) is 13.7. The van der Waals surface area contributed by atoms with E-state index in [4.69, 9.17) is 0 Å². The molecule has 0 aromatic carbocycles. The predicted octanol–water partition coefficient (Wildman–Crippen LogP) is 0.632. The molecular weight excluding hydrogens is 308 g/mol. The van der Waals surface area contributed by atoms with Crippen molar-refractivity contribution in [3.05, 3.63) is 35.8 Å². The van der Waals surface area contributed by atoms with Crippen molar-refractivity contribution in [2.45, 2.75) is 38.8 Å². The summed E-state index contributed by atoms with van der Waals surface area (Å²) in [7, 11) is 0. The first kappa shape index (κ1) is 16.4. The monoisotopic (exact) mass is 330 g/mol. The molecule has 7 heteroatoms. The number of aliphatic hydroxyl groups excluding tert-OH is 1. The zero-order valence-electron chi connectivity index (χ0n) is 13.7. The van der Waals surface area contributed by atoms with Gasteiger partial charge in [0.1, 0.15) is 11.8 Å². The summed E-state index contributed by atoms with van der Waals surface area (Å²) in [6, 6.07) is 3.97. The Morgan fingerprint density at radius 2 is 2.29 bits per heavy atom. The lowest BCUT2D eigenvalue weighted by Crippen LogP contribution is -2.44. The van der Waals surface area contributed by atoms with E-state index < -0.39 is 6.10 Å². The van der Waals surface area contributed by atoms with Crippen LogP contribution in [0.5, 0.6) is 0 Å². The first-order chi connectivity index (χ1) is 11.5. The van der Waals surface area contributed by atoms with Gasteiger partial charge in [-0.25, -0.2) is 4.98 Å².